The smallest absolute Gasteiger partial charge is 0.231 e. The summed E-state index contributed by atoms with van der Waals surface area (Å²) in [5.74, 6) is 0.533. The number of hydrogen-bond donors (Lipinski definition) is 1. The molecule has 1 heterocycles. The van der Waals surface area contributed by atoms with E-state index in [-0.39, 0.29) is 17.1 Å². The van der Waals surface area contributed by atoms with Crippen molar-refractivity contribution >= 4 is 23.5 Å². The third-order valence-electron chi connectivity index (χ3n) is 3.18. The third-order valence-corrected chi connectivity index (χ3v) is 3.35. The van der Waals surface area contributed by atoms with Crippen molar-refractivity contribution in [3.8, 4) is 0 Å². The van der Waals surface area contributed by atoms with Gasteiger partial charge in [-0.3, -0.25) is 0 Å². The van der Waals surface area contributed by atoms with E-state index in [1.54, 1.807) is 30.1 Å². The van der Waals surface area contributed by atoms with Crippen molar-refractivity contribution in [1.29, 1.82) is 0 Å². The first-order valence-corrected chi connectivity index (χ1v) is 7.03. The summed E-state index contributed by atoms with van der Waals surface area (Å²) < 4.78 is 13.9. The molecule has 0 radical (unpaired) electrons. The van der Waals surface area contributed by atoms with Gasteiger partial charge in [0.15, 0.2) is 0 Å². The molecule has 1 aromatic carbocycles. The summed E-state index contributed by atoms with van der Waals surface area (Å²) in [6.07, 6.45) is 0. The molecular formula is C14H17ClFN5. The molecule has 5 nitrogen and oxygen atoms in total. The molecule has 0 saturated heterocycles. The van der Waals surface area contributed by atoms with Gasteiger partial charge in [0.1, 0.15) is 5.82 Å². The first kappa shape index (κ1) is 15.4. The quantitative estimate of drug-likeness (QED) is 0.918. The normalized spacial score (nSPS) is 12.0. The number of nitrogens with one attached hydrogen (secondary N) is 1. The van der Waals surface area contributed by atoms with Gasteiger partial charge in [-0.05, 0) is 31.5 Å². The molecule has 1 N–H and O–H groups in total. The fourth-order valence-electron chi connectivity index (χ4n) is 1.93. The molecule has 0 aliphatic carbocycles. The molecule has 2 aromatic rings. The number of rotatable bonds is 5. The van der Waals surface area contributed by atoms with Gasteiger partial charge in [-0.15, -0.1) is 0 Å². The van der Waals surface area contributed by atoms with Crippen molar-refractivity contribution in [3.05, 3.63) is 40.9 Å². The lowest BCUT2D eigenvalue weighted by molar-refractivity contribution is 0.582. The predicted octanol–water partition coefficient (Wildman–Crippen LogP) is 3.29. The first-order chi connectivity index (χ1) is 10.0. The zero-order valence-corrected chi connectivity index (χ0v) is 12.9. The average molecular weight is 310 g/mol. The number of nitrogens with zero attached hydrogens (tertiary/aromatic N) is 4. The Morgan fingerprint density at radius 1 is 1.29 bits per heavy atom. The molecule has 112 valence electrons. The van der Waals surface area contributed by atoms with E-state index < -0.39 is 0 Å². The topological polar surface area (TPSA) is 53.9 Å². The van der Waals surface area contributed by atoms with E-state index in [1.807, 2.05) is 13.8 Å². The Balaban J connectivity index is 2.31. The van der Waals surface area contributed by atoms with Crippen LogP contribution in [0.3, 0.4) is 0 Å². The SMILES string of the molecule is CCNc1nc(Cl)nc(N(C)C(C)c2ccccc2F)n1. The molecule has 21 heavy (non-hydrogen) atoms. The van der Waals surface area contributed by atoms with Gasteiger partial charge in [0.25, 0.3) is 0 Å². The van der Waals surface area contributed by atoms with Crippen LogP contribution in [0.25, 0.3) is 0 Å². The van der Waals surface area contributed by atoms with Gasteiger partial charge in [-0.2, -0.15) is 15.0 Å². The summed E-state index contributed by atoms with van der Waals surface area (Å²) in [6.45, 7) is 4.48. The Kier molecular flexibility index (Phi) is 4.90. The monoisotopic (exact) mass is 309 g/mol. The summed E-state index contributed by atoms with van der Waals surface area (Å²) in [7, 11) is 1.79. The van der Waals surface area contributed by atoms with Crippen LogP contribution in [-0.4, -0.2) is 28.5 Å². The Morgan fingerprint density at radius 3 is 2.67 bits per heavy atom. The van der Waals surface area contributed by atoms with Crippen LogP contribution in [0.15, 0.2) is 24.3 Å². The molecule has 7 heteroatoms. The number of benzene rings is 1. The number of halogens is 2. The molecular weight excluding hydrogens is 293 g/mol. The highest BCUT2D eigenvalue weighted by Gasteiger charge is 2.19. The van der Waals surface area contributed by atoms with Crippen LogP contribution in [-0.2, 0) is 0 Å². The van der Waals surface area contributed by atoms with E-state index in [9.17, 15) is 4.39 Å². The van der Waals surface area contributed by atoms with Crippen LogP contribution in [0.1, 0.15) is 25.5 Å². The van der Waals surface area contributed by atoms with Crippen molar-refractivity contribution in [2.24, 2.45) is 0 Å². The van der Waals surface area contributed by atoms with Crippen molar-refractivity contribution < 1.29 is 4.39 Å². The van der Waals surface area contributed by atoms with E-state index in [4.69, 9.17) is 11.6 Å². The minimum Gasteiger partial charge on any atom is -0.354 e. The lowest BCUT2D eigenvalue weighted by Gasteiger charge is -2.25. The lowest BCUT2D eigenvalue weighted by Crippen LogP contribution is -2.25. The molecule has 0 fully saturated rings. The van der Waals surface area contributed by atoms with Gasteiger partial charge < -0.3 is 10.2 Å². The summed E-state index contributed by atoms with van der Waals surface area (Å²) >= 11 is 5.91. The second-order valence-electron chi connectivity index (χ2n) is 4.57. The van der Waals surface area contributed by atoms with Crippen molar-refractivity contribution in [2.45, 2.75) is 19.9 Å². The van der Waals surface area contributed by atoms with Crippen molar-refractivity contribution in [2.75, 3.05) is 23.8 Å². The number of aromatic nitrogens is 3. The highest BCUT2D eigenvalue weighted by Crippen LogP contribution is 2.25. The van der Waals surface area contributed by atoms with E-state index in [1.165, 1.54) is 6.07 Å². The lowest BCUT2D eigenvalue weighted by atomic mass is 10.1. The second-order valence-corrected chi connectivity index (χ2v) is 4.90. The van der Waals surface area contributed by atoms with Gasteiger partial charge in [0, 0.05) is 19.2 Å². The average Bonchev–Trinajstić information content (AvgIpc) is 2.46. The fraction of sp³-hybridized carbons (Fsp3) is 0.357. The predicted molar refractivity (Wildman–Crippen MR) is 82.2 cm³/mol. The Labute approximate surface area is 128 Å². The van der Waals surface area contributed by atoms with E-state index in [0.717, 1.165) is 0 Å². The molecule has 0 amide bonds. The molecule has 1 aromatic heterocycles. The second kappa shape index (κ2) is 6.67. The molecule has 0 bridgehead atoms. The molecule has 0 aliphatic heterocycles. The third kappa shape index (κ3) is 3.58. The maximum atomic E-state index is 13.9. The summed E-state index contributed by atoms with van der Waals surface area (Å²) in [5.41, 5.74) is 0.571. The van der Waals surface area contributed by atoms with Crippen LogP contribution >= 0.6 is 11.6 Å². The first-order valence-electron chi connectivity index (χ1n) is 6.65. The van der Waals surface area contributed by atoms with Crippen LogP contribution in [0, 0.1) is 5.82 Å². The Hall–Kier alpha value is -1.95. The standard InChI is InChI=1S/C14H17ClFN5/c1-4-17-13-18-12(15)19-14(20-13)21(3)9(2)10-7-5-6-8-11(10)16/h5-9H,4H2,1-3H3,(H,17,18,19,20). The highest BCUT2D eigenvalue weighted by molar-refractivity contribution is 6.28. The van der Waals surface area contributed by atoms with Crippen LogP contribution in [0.4, 0.5) is 16.3 Å². The minimum atomic E-state index is -0.260. The van der Waals surface area contributed by atoms with Crippen molar-refractivity contribution in [3.63, 3.8) is 0 Å². The van der Waals surface area contributed by atoms with Gasteiger partial charge in [-0.1, -0.05) is 18.2 Å². The van der Waals surface area contributed by atoms with Gasteiger partial charge in [-0.25, -0.2) is 4.39 Å². The number of anilines is 2. The van der Waals surface area contributed by atoms with E-state index >= 15 is 0 Å². The zero-order valence-electron chi connectivity index (χ0n) is 12.1. The van der Waals surface area contributed by atoms with Crippen LogP contribution in [0.5, 0.6) is 0 Å². The van der Waals surface area contributed by atoms with Gasteiger partial charge >= 0.3 is 0 Å². The summed E-state index contributed by atoms with van der Waals surface area (Å²) in [5, 5.41) is 3.09. The minimum absolute atomic E-state index is 0.100. The van der Waals surface area contributed by atoms with Crippen LogP contribution in [0.2, 0.25) is 5.28 Å². The Bertz CT molecular complexity index is 622. The largest absolute Gasteiger partial charge is 0.354 e. The molecule has 0 spiro atoms. The summed E-state index contributed by atoms with van der Waals surface area (Å²) in [4.78, 5) is 14.1. The maximum absolute atomic E-state index is 13.9. The molecule has 2 rings (SSSR count). The number of hydrogen-bond acceptors (Lipinski definition) is 5. The van der Waals surface area contributed by atoms with Gasteiger partial charge in [0.05, 0.1) is 6.04 Å². The Morgan fingerprint density at radius 2 is 2.00 bits per heavy atom. The summed E-state index contributed by atoms with van der Waals surface area (Å²) in [6, 6.07) is 6.40. The molecule has 1 atom stereocenters. The van der Waals surface area contributed by atoms with E-state index in [2.05, 4.69) is 20.3 Å². The molecule has 0 aliphatic rings. The molecule has 0 saturated carbocycles. The highest BCUT2D eigenvalue weighted by atomic mass is 35.5. The van der Waals surface area contributed by atoms with Crippen molar-refractivity contribution in [1.82, 2.24) is 15.0 Å². The van der Waals surface area contributed by atoms with E-state index in [0.29, 0.717) is 24.0 Å². The zero-order chi connectivity index (χ0) is 15.4. The maximum Gasteiger partial charge on any atom is 0.231 e. The van der Waals surface area contributed by atoms with Crippen LogP contribution < -0.4 is 10.2 Å². The molecule has 1 unspecified atom stereocenters. The van der Waals surface area contributed by atoms with Gasteiger partial charge in [0.2, 0.25) is 17.2 Å². The fourth-order valence-corrected chi connectivity index (χ4v) is 2.09.